The molecule has 0 aliphatic carbocycles. The van der Waals surface area contributed by atoms with Gasteiger partial charge in [0, 0.05) is 55.7 Å². The number of benzene rings is 3. The summed E-state index contributed by atoms with van der Waals surface area (Å²) >= 11 is 0. The molecule has 18 heteroatoms. The molecule has 1 aromatic heterocycles. The predicted molar refractivity (Wildman–Crippen MR) is 179 cm³/mol. The highest BCUT2D eigenvalue weighted by atomic mass is 19.4. The lowest BCUT2D eigenvalue weighted by Crippen LogP contribution is -2.45. The molecule has 2 amide bonds. The molecule has 1 fully saturated rings. The standard InChI is InChI=1S/C32H34F3N7O3.C2HF3O2/c1-3-40-11-13-41(14-12-40)20-21-9-10-23(18-28(21)32(33,34)35)38-30(43)22-15-24(17-26(16-22)45-2)39-31(44)27-19-37-42(29(27)36)25-7-5-4-6-8-25;3-2(4,5)1(6)7/h4-10,15-19H,3,11-14,20,36H2,1-2H3,(H,38,43)(H,39,44);(H,6,7). The van der Waals surface area contributed by atoms with Crippen LogP contribution in [0.5, 0.6) is 5.75 Å². The minimum Gasteiger partial charge on any atom is -0.497 e. The second-order valence-corrected chi connectivity index (χ2v) is 11.4. The van der Waals surface area contributed by atoms with E-state index in [1.54, 1.807) is 12.1 Å². The molecule has 0 spiro atoms. The number of halogens is 6. The van der Waals surface area contributed by atoms with Crippen molar-refractivity contribution in [2.45, 2.75) is 25.8 Å². The Hall–Kier alpha value is -5.62. The first kappa shape index (κ1) is 39.2. The molecule has 4 aromatic rings. The van der Waals surface area contributed by atoms with E-state index in [0.717, 1.165) is 25.7 Å². The van der Waals surface area contributed by atoms with E-state index in [-0.39, 0.29) is 46.2 Å². The smallest absolute Gasteiger partial charge is 0.490 e. The van der Waals surface area contributed by atoms with Crippen LogP contribution in [0.2, 0.25) is 0 Å². The van der Waals surface area contributed by atoms with Gasteiger partial charge >= 0.3 is 18.3 Å². The molecule has 0 atom stereocenters. The molecule has 1 aliphatic rings. The third-order valence-electron chi connectivity index (χ3n) is 7.94. The number of amides is 2. The third-order valence-corrected chi connectivity index (χ3v) is 7.94. The lowest BCUT2D eigenvalue weighted by atomic mass is 10.0. The van der Waals surface area contributed by atoms with Gasteiger partial charge in [-0.3, -0.25) is 14.5 Å². The Bertz CT molecular complexity index is 1870. The fourth-order valence-electron chi connectivity index (χ4n) is 5.19. The van der Waals surface area contributed by atoms with Gasteiger partial charge in [-0.1, -0.05) is 31.2 Å². The maximum absolute atomic E-state index is 14.1. The van der Waals surface area contributed by atoms with Crippen LogP contribution in [-0.2, 0) is 17.5 Å². The van der Waals surface area contributed by atoms with Crippen LogP contribution in [0.15, 0.2) is 72.9 Å². The Labute approximate surface area is 293 Å². The number of hydrogen-bond donors (Lipinski definition) is 4. The van der Waals surface area contributed by atoms with Crippen LogP contribution >= 0.6 is 0 Å². The molecule has 0 bridgehead atoms. The number of piperazine rings is 1. The molecule has 0 unspecified atom stereocenters. The van der Waals surface area contributed by atoms with Gasteiger partial charge in [0.05, 0.1) is 24.6 Å². The van der Waals surface area contributed by atoms with E-state index in [0.29, 0.717) is 18.8 Å². The number of carboxylic acids is 1. The lowest BCUT2D eigenvalue weighted by Gasteiger charge is -2.34. The maximum atomic E-state index is 14.1. The van der Waals surface area contributed by atoms with Crippen molar-refractivity contribution in [3.05, 3.63) is 95.2 Å². The molecule has 3 aromatic carbocycles. The SMILES string of the molecule is CCN1CCN(Cc2ccc(NC(=O)c3cc(NC(=O)c4cnn(-c5ccccc5)c4N)cc(OC)c3)cc2C(F)(F)F)CC1.O=C(O)C(F)(F)F. The number of carbonyl (C=O) groups is 3. The van der Waals surface area contributed by atoms with E-state index >= 15 is 0 Å². The summed E-state index contributed by atoms with van der Waals surface area (Å²) in [5, 5.41) is 16.6. The number of rotatable bonds is 9. The van der Waals surface area contributed by atoms with Crippen molar-refractivity contribution in [2.24, 2.45) is 0 Å². The van der Waals surface area contributed by atoms with E-state index in [9.17, 15) is 35.9 Å². The number of carbonyl (C=O) groups excluding carboxylic acids is 2. The van der Waals surface area contributed by atoms with Crippen molar-refractivity contribution in [1.29, 1.82) is 0 Å². The van der Waals surface area contributed by atoms with Crippen molar-refractivity contribution in [3.8, 4) is 11.4 Å². The number of aromatic nitrogens is 2. The molecular formula is C34H35F6N7O5. The molecule has 12 nitrogen and oxygen atoms in total. The summed E-state index contributed by atoms with van der Waals surface area (Å²) in [4.78, 5) is 39.5. The molecule has 1 saturated heterocycles. The topological polar surface area (TPSA) is 155 Å². The molecule has 52 heavy (non-hydrogen) atoms. The van der Waals surface area contributed by atoms with E-state index < -0.39 is 35.7 Å². The van der Waals surface area contributed by atoms with Gasteiger partial charge in [0.1, 0.15) is 17.1 Å². The number of para-hydroxylation sites is 1. The lowest BCUT2D eigenvalue weighted by molar-refractivity contribution is -0.192. The molecule has 2 heterocycles. The molecule has 1 aliphatic heterocycles. The summed E-state index contributed by atoms with van der Waals surface area (Å²) in [6.45, 7) is 6.10. The number of carboxylic acid groups (broad SMARTS) is 1. The summed E-state index contributed by atoms with van der Waals surface area (Å²) in [5.74, 6) is -3.65. The highest BCUT2D eigenvalue weighted by Crippen LogP contribution is 2.35. The fraction of sp³-hybridized carbons (Fsp3) is 0.294. The number of ether oxygens (including phenoxy) is 1. The minimum atomic E-state index is -5.08. The van der Waals surface area contributed by atoms with Gasteiger partial charge in [-0.2, -0.15) is 31.4 Å². The molecule has 5 rings (SSSR count). The summed E-state index contributed by atoms with van der Waals surface area (Å²) < 4.78 is 80.7. The number of anilines is 3. The molecule has 0 saturated carbocycles. The van der Waals surface area contributed by atoms with Crippen LogP contribution in [0.3, 0.4) is 0 Å². The quantitative estimate of drug-likeness (QED) is 0.157. The van der Waals surface area contributed by atoms with Crippen LogP contribution in [0.1, 0.15) is 38.8 Å². The highest BCUT2D eigenvalue weighted by Gasteiger charge is 2.38. The number of methoxy groups -OCH3 is 1. The number of nitrogens with two attached hydrogens (primary N) is 1. The number of hydrogen-bond acceptors (Lipinski definition) is 8. The number of aliphatic carboxylic acids is 1. The van der Waals surface area contributed by atoms with Gasteiger partial charge < -0.3 is 31.1 Å². The number of nitrogen functional groups attached to an aromatic ring is 1. The van der Waals surface area contributed by atoms with Gasteiger partial charge in [-0.25, -0.2) is 9.48 Å². The van der Waals surface area contributed by atoms with Gasteiger partial charge in [0.15, 0.2) is 0 Å². The molecule has 0 radical (unpaired) electrons. The molecular weight excluding hydrogens is 700 g/mol. The first-order valence-corrected chi connectivity index (χ1v) is 15.7. The van der Waals surface area contributed by atoms with Crippen LogP contribution < -0.4 is 21.1 Å². The Morgan fingerprint density at radius 1 is 0.865 bits per heavy atom. The molecule has 5 N–H and O–H groups in total. The third kappa shape index (κ3) is 10.2. The predicted octanol–water partition coefficient (Wildman–Crippen LogP) is 5.76. The number of alkyl halides is 6. The van der Waals surface area contributed by atoms with Crippen LogP contribution in [0.25, 0.3) is 5.69 Å². The van der Waals surface area contributed by atoms with E-state index in [4.69, 9.17) is 20.4 Å². The second-order valence-electron chi connectivity index (χ2n) is 11.4. The number of likely N-dealkylation sites (N-methyl/N-ethyl adjacent to an activating group) is 1. The average Bonchev–Trinajstić information content (AvgIpc) is 3.50. The number of nitrogens with zero attached hydrogens (tertiary/aromatic N) is 4. The first-order chi connectivity index (χ1) is 24.5. The van der Waals surface area contributed by atoms with Crippen LogP contribution in [-0.4, -0.2) is 88.5 Å². The van der Waals surface area contributed by atoms with Gasteiger partial charge in [0.2, 0.25) is 0 Å². The van der Waals surface area contributed by atoms with E-state index in [2.05, 4.69) is 27.6 Å². The van der Waals surface area contributed by atoms with Crippen molar-refractivity contribution in [3.63, 3.8) is 0 Å². The summed E-state index contributed by atoms with van der Waals surface area (Å²) in [6, 6.07) is 17.2. The summed E-state index contributed by atoms with van der Waals surface area (Å²) in [5.41, 5.74) is 6.58. The second kappa shape index (κ2) is 16.6. The maximum Gasteiger partial charge on any atom is 0.490 e. The van der Waals surface area contributed by atoms with Crippen molar-refractivity contribution in [2.75, 3.05) is 56.2 Å². The summed E-state index contributed by atoms with van der Waals surface area (Å²) in [6.07, 6.45) is -8.36. The van der Waals surface area contributed by atoms with E-state index in [1.165, 1.54) is 48.3 Å². The Balaban J connectivity index is 0.000000785. The largest absolute Gasteiger partial charge is 0.497 e. The van der Waals surface area contributed by atoms with Crippen molar-refractivity contribution < 1.29 is 50.6 Å². The zero-order valence-corrected chi connectivity index (χ0v) is 27.9. The minimum absolute atomic E-state index is 0.0126. The Kier molecular flexibility index (Phi) is 12.5. The zero-order chi connectivity index (χ0) is 38.2. The van der Waals surface area contributed by atoms with Gasteiger partial charge in [0.25, 0.3) is 11.8 Å². The van der Waals surface area contributed by atoms with Crippen molar-refractivity contribution >= 4 is 35.0 Å². The normalized spacial score (nSPS) is 13.8. The average molecular weight is 736 g/mol. The number of nitrogens with one attached hydrogen (secondary N) is 2. The van der Waals surface area contributed by atoms with Crippen LogP contribution in [0.4, 0.5) is 43.5 Å². The fourth-order valence-corrected chi connectivity index (χ4v) is 5.19. The molecule has 278 valence electrons. The highest BCUT2D eigenvalue weighted by molar-refractivity contribution is 6.09. The Morgan fingerprint density at radius 3 is 2.06 bits per heavy atom. The van der Waals surface area contributed by atoms with Gasteiger partial charge in [-0.05, 0) is 48.5 Å². The van der Waals surface area contributed by atoms with Gasteiger partial charge in [-0.15, -0.1) is 0 Å². The van der Waals surface area contributed by atoms with Crippen LogP contribution in [0, 0.1) is 0 Å². The monoisotopic (exact) mass is 735 g/mol. The van der Waals surface area contributed by atoms with Crippen molar-refractivity contribution in [1.82, 2.24) is 19.6 Å². The zero-order valence-electron chi connectivity index (χ0n) is 27.9. The Morgan fingerprint density at radius 2 is 1.48 bits per heavy atom. The van der Waals surface area contributed by atoms with E-state index in [1.807, 2.05) is 23.1 Å². The summed E-state index contributed by atoms with van der Waals surface area (Å²) in [7, 11) is 1.39. The first-order valence-electron chi connectivity index (χ1n) is 15.7.